The van der Waals surface area contributed by atoms with E-state index in [0.717, 1.165) is 30.4 Å². The minimum atomic E-state index is -4.53. The molecule has 0 spiro atoms. The summed E-state index contributed by atoms with van der Waals surface area (Å²) in [7, 11) is 0. The van der Waals surface area contributed by atoms with Crippen LogP contribution >= 0.6 is 0 Å². The van der Waals surface area contributed by atoms with E-state index >= 15 is 0 Å². The van der Waals surface area contributed by atoms with Gasteiger partial charge in [-0.2, -0.15) is 18.4 Å². The number of hydrazine groups is 1. The molecule has 3 N–H and O–H groups in total. The molecule has 2 saturated heterocycles. The summed E-state index contributed by atoms with van der Waals surface area (Å²) in [6.45, 7) is 3.70. The van der Waals surface area contributed by atoms with E-state index in [1.807, 2.05) is 13.0 Å². The number of aryl methyl sites for hydroxylation is 1. The van der Waals surface area contributed by atoms with Gasteiger partial charge >= 0.3 is 6.18 Å². The predicted octanol–water partition coefficient (Wildman–Crippen LogP) is 2.15. The van der Waals surface area contributed by atoms with Crippen LogP contribution in [0, 0.1) is 30.1 Å². The summed E-state index contributed by atoms with van der Waals surface area (Å²) >= 11 is 0. The van der Waals surface area contributed by atoms with Gasteiger partial charge in [-0.05, 0) is 44.4 Å². The van der Waals surface area contributed by atoms with Crippen LogP contribution in [0.1, 0.15) is 54.5 Å². The second-order valence-corrected chi connectivity index (χ2v) is 9.32. The van der Waals surface area contributed by atoms with Gasteiger partial charge < -0.3 is 5.32 Å². The highest BCUT2D eigenvalue weighted by Crippen LogP contribution is 2.44. The van der Waals surface area contributed by atoms with Crippen molar-refractivity contribution in [1.82, 2.24) is 36.0 Å². The van der Waals surface area contributed by atoms with E-state index in [9.17, 15) is 23.2 Å². The molecule has 1 aliphatic carbocycles. The molecule has 3 fully saturated rings. The standard InChI is InChI=1S/C23H25F3N8O/c1-11-7-8-28-19(30-11)14-4-5-15(14)20-31-21-18(22(35)32-20)16(9-27)33-34(21)12(2)13-3-6-17(29-10-13)23(24,25)26/h3,6-8,10,12,14-16,18,20-21,31,33H,4-5H2,1-2H3,(H,32,35)/t12-,14-,15-,16?,18?,20?,21?/m0/s1. The van der Waals surface area contributed by atoms with Gasteiger partial charge in [-0.15, -0.1) is 0 Å². The molecule has 35 heavy (non-hydrogen) atoms. The number of alkyl halides is 3. The lowest BCUT2D eigenvalue weighted by atomic mass is 9.70. The largest absolute Gasteiger partial charge is 0.433 e. The molecule has 4 unspecified atom stereocenters. The lowest BCUT2D eigenvalue weighted by Crippen LogP contribution is -2.68. The van der Waals surface area contributed by atoms with Gasteiger partial charge in [0.25, 0.3) is 0 Å². The zero-order valence-corrected chi connectivity index (χ0v) is 19.1. The van der Waals surface area contributed by atoms with E-state index in [-0.39, 0.29) is 23.9 Å². The molecule has 9 nitrogen and oxygen atoms in total. The number of nitriles is 1. The normalized spacial score (nSPS) is 31.7. The topological polar surface area (TPSA) is 119 Å². The molecule has 1 saturated carbocycles. The highest BCUT2D eigenvalue weighted by Gasteiger charge is 2.54. The summed E-state index contributed by atoms with van der Waals surface area (Å²) in [6, 6.07) is 5.04. The summed E-state index contributed by atoms with van der Waals surface area (Å²) in [5.41, 5.74) is 3.51. The molecule has 2 aliphatic heterocycles. The van der Waals surface area contributed by atoms with Gasteiger partial charge in [0.1, 0.15) is 17.6 Å². The second-order valence-electron chi connectivity index (χ2n) is 9.32. The van der Waals surface area contributed by atoms with Crippen molar-refractivity contribution in [3.05, 3.63) is 53.4 Å². The zero-order valence-electron chi connectivity index (χ0n) is 19.1. The van der Waals surface area contributed by atoms with Crippen LogP contribution in [0.25, 0.3) is 0 Å². The van der Waals surface area contributed by atoms with E-state index in [1.54, 1.807) is 18.1 Å². The highest BCUT2D eigenvalue weighted by molar-refractivity contribution is 5.82. The minimum Gasteiger partial charge on any atom is -0.340 e. The molecule has 2 aromatic rings. The van der Waals surface area contributed by atoms with Crippen LogP contribution in [0.2, 0.25) is 0 Å². The number of nitrogens with one attached hydrogen (secondary N) is 3. The number of halogens is 3. The zero-order chi connectivity index (χ0) is 24.9. The lowest BCUT2D eigenvalue weighted by molar-refractivity contribution is -0.141. The van der Waals surface area contributed by atoms with Gasteiger partial charge in [0.2, 0.25) is 5.91 Å². The van der Waals surface area contributed by atoms with Gasteiger partial charge in [0.15, 0.2) is 0 Å². The first-order valence-corrected chi connectivity index (χ1v) is 11.5. The van der Waals surface area contributed by atoms with E-state index < -0.39 is 36.0 Å². The number of carbonyl (C=O) groups excluding carboxylic acids is 1. The first kappa shape index (κ1) is 23.6. The average Bonchev–Trinajstić information content (AvgIpc) is 3.17. The number of nitrogens with zero attached hydrogens (tertiary/aromatic N) is 5. The van der Waals surface area contributed by atoms with Crippen molar-refractivity contribution < 1.29 is 18.0 Å². The van der Waals surface area contributed by atoms with Gasteiger partial charge in [-0.25, -0.2) is 20.4 Å². The third-order valence-electron chi connectivity index (χ3n) is 7.25. The van der Waals surface area contributed by atoms with Crippen molar-refractivity contribution >= 4 is 5.91 Å². The van der Waals surface area contributed by atoms with Crippen LogP contribution in [-0.4, -0.2) is 44.2 Å². The van der Waals surface area contributed by atoms with Gasteiger partial charge in [-0.3, -0.25) is 15.1 Å². The fraction of sp³-hybridized carbons (Fsp3) is 0.522. The number of fused-ring (bicyclic) bond motifs is 1. The van der Waals surface area contributed by atoms with Crippen LogP contribution in [0.4, 0.5) is 13.2 Å². The Morgan fingerprint density at radius 2 is 2.03 bits per heavy atom. The van der Waals surface area contributed by atoms with Gasteiger partial charge in [0.05, 0.1) is 24.3 Å². The van der Waals surface area contributed by atoms with E-state index in [0.29, 0.717) is 5.56 Å². The van der Waals surface area contributed by atoms with Crippen molar-refractivity contribution in [2.24, 2.45) is 11.8 Å². The van der Waals surface area contributed by atoms with Crippen LogP contribution in [0.3, 0.4) is 0 Å². The van der Waals surface area contributed by atoms with Crippen LogP contribution in [-0.2, 0) is 11.0 Å². The molecule has 12 heteroatoms. The average molecular weight is 487 g/mol. The molecule has 7 atom stereocenters. The quantitative estimate of drug-likeness (QED) is 0.602. The van der Waals surface area contributed by atoms with E-state index in [1.165, 1.54) is 12.3 Å². The maximum atomic E-state index is 13.1. The van der Waals surface area contributed by atoms with Crippen molar-refractivity contribution in [2.45, 2.75) is 63.2 Å². The Kier molecular flexibility index (Phi) is 5.94. The number of aromatic nitrogens is 3. The third-order valence-corrected chi connectivity index (χ3v) is 7.25. The third kappa shape index (κ3) is 4.24. The Morgan fingerprint density at radius 3 is 2.63 bits per heavy atom. The minimum absolute atomic E-state index is 0.0766. The number of rotatable bonds is 4. The monoisotopic (exact) mass is 486 g/mol. The molecule has 4 heterocycles. The smallest absolute Gasteiger partial charge is 0.340 e. The molecule has 5 rings (SSSR count). The van der Waals surface area contributed by atoms with Crippen LogP contribution < -0.4 is 16.1 Å². The molecule has 2 aromatic heterocycles. The van der Waals surface area contributed by atoms with E-state index in [4.69, 9.17) is 0 Å². The van der Waals surface area contributed by atoms with Crippen LogP contribution in [0.15, 0.2) is 30.6 Å². The molecule has 184 valence electrons. The fourth-order valence-corrected chi connectivity index (χ4v) is 5.20. The number of pyridine rings is 1. The van der Waals surface area contributed by atoms with Gasteiger partial charge in [-0.1, -0.05) is 6.07 Å². The second kappa shape index (κ2) is 8.82. The Hall–Kier alpha value is -3.14. The first-order valence-electron chi connectivity index (χ1n) is 11.5. The summed E-state index contributed by atoms with van der Waals surface area (Å²) < 4.78 is 38.8. The fourth-order valence-electron chi connectivity index (χ4n) is 5.20. The maximum Gasteiger partial charge on any atom is 0.433 e. The summed E-state index contributed by atoms with van der Waals surface area (Å²) in [4.78, 5) is 25.7. The molecular formula is C23H25F3N8O. The van der Waals surface area contributed by atoms with Crippen LogP contribution in [0.5, 0.6) is 0 Å². The molecular weight excluding hydrogens is 461 g/mol. The van der Waals surface area contributed by atoms with Gasteiger partial charge in [0, 0.05) is 36.0 Å². The Bertz CT molecular complexity index is 1150. The number of amides is 1. The summed E-state index contributed by atoms with van der Waals surface area (Å²) in [6.07, 6.45) is -0.711. The van der Waals surface area contributed by atoms with Crippen molar-refractivity contribution in [2.75, 3.05) is 0 Å². The number of carbonyl (C=O) groups is 1. The first-order chi connectivity index (χ1) is 16.7. The molecule has 3 aliphatic rings. The lowest BCUT2D eigenvalue weighted by Gasteiger charge is -2.47. The highest BCUT2D eigenvalue weighted by atomic mass is 19.4. The summed E-state index contributed by atoms with van der Waals surface area (Å²) in [5.74, 6) is -0.00766. The molecule has 0 bridgehead atoms. The number of hydrogen-bond donors (Lipinski definition) is 3. The Morgan fingerprint density at radius 1 is 1.23 bits per heavy atom. The predicted molar refractivity (Wildman–Crippen MR) is 117 cm³/mol. The summed E-state index contributed by atoms with van der Waals surface area (Å²) in [5, 5.41) is 17.9. The number of hydrogen-bond acceptors (Lipinski definition) is 8. The van der Waals surface area contributed by atoms with E-state index in [2.05, 4.69) is 37.1 Å². The van der Waals surface area contributed by atoms with Crippen molar-refractivity contribution in [1.29, 1.82) is 5.26 Å². The SMILES string of the molecule is Cc1ccnc([C@H]2CC[C@@H]2C2NC(=O)C3C(C#N)NN([C@@H](C)c4ccc(C(F)(F)F)nc4)C3N2)n1. The van der Waals surface area contributed by atoms with Crippen molar-refractivity contribution in [3.63, 3.8) is 0 Å². The Labute approximate surface area is 200 Å². The molecule has 0 radical (unpaired) electrons. The molecule has 0 aromatic carbocycles. The van der Waals surface area contributed by atoms with Crippen molar-refractivity contribution in [3.8, 4) is 6.07 Å². The molecule has 1 amide bonds. The Balaban J connectivity index is 1.37. The maximum absolute atomic E-state index is 13.1.